The normalized spacial score (nSPS) is 10.8. The minimum absolute atomic E-state index is 0.220. The quantitative estimate of drug-likeness (QED) is 0.672. The molecule has 0 fully saturated rings. The summed E-state index contributed by atoms with van der Waals surface area (Å²) in [6.07, 6.45) is 0. The van der Waals surface area contributed by atoms with Crippen molar-refractivity contribution in [3.05, 3.63) is 48.5 Å². The summed E-state index contributed by atoms with van der Waals surface area (Å²) in [4.78, 5) is 0. The molecule has 0 aliphatic heterocycles. The molecule has 78 valence electrons. The van der Waals surface area contributed by atoms with Crippen LogP contribution in [-0.2, 0) is 0 Å². The molecule has 2 aromatic carbocycles. The smallest absolute Gasteiger partial charge is 0.174 e. The van der Waals surface area contributed by atoms with E-state index in [4.69, 9.17) is 4.52 Å². The van der Waals surface area contributed by atoms with Gasteiger partial charge in [-0.25, -0.2) is 0 Å². The molecule has 0 atom stereocenters. The van der Waals surface area contributed by atoms with Gasteiger partial charge in [-0.15, -0.1) is 0 Å². The molecule has 0 aliphatic carbocycles. The number of benzene rings is 2. The molecule has 3 rings (SSSR count). The summed E-state index contributed by atoms with van der Waals surface area (Å²) in [6, 6.07) is 14.6. The Balaban J connectivity index is 2.26. The van der Waals surface area contributed by atoms with E-state index < -0.39 is 0 Å². The highest BCUT2D eigenvalue weighted by Gasteiger charge is 2.09. The maximum atomic E-state index is 9.42. The Bertz CT molecular complexity index is 643. The van der Waals surface area contributed by atoms with Crippen molar-refractivity contribution >= 4 is 10.9 Å². The van der Waals surface area contributed by atoms with Crippen LogP contribution in [0.5, 0.6) is 5.75 Å². The van der Waals surface area contributed by atoms with Crippen molar-refractivity contribution in [2.45, 2.75) is 0 Å². The van der Waals surface area contributed by atoms with Crippen molar-refractivity contribution in [3.63, 3.8) is 0 Å². The second kappa shape index (κ2) is 3.38. The van der Waals surface area contributed by atoms with E-state index in [1.807, 2.05) is 30.3 Å². The molecule has 1 heterocycles. The number of hydrogen-bond acceptors (Lipinski definition) is 3. The van der Waals surface area contributed by atoms with Gasteiger partial charge >= 0.3 is 0 Å². The molecule has 0 aliphatic rings. The number of phenolic OH excluding ortho intramolecular Hbond substituents is 1. The van der Waals surface area contributed by atoms with Crippen molar-refractivity contribution in [2.75, 3.05) is 0 Å². The van der Waals surface area contributed by atoms with Crippen LogP contribution in [0, 0.1) is 0 Å². The van der Waals surface area contributed by atoms with Gasteiger partial charge in [-0.3, -0.25) is 0 Å². The average molecular weight is 211 g/mol. The van der Waals surface area contributed by atoms with Crippen LogP contribution in [0.25, 0.3) is 22.2 Å². The van der Waals surface area contributed by atoms with Crippen LogP contribution >= 0.6 is 0 Å². The van der Waals surface area contributed by atoms with Crippen LogP contribution in [-0.4, -0.2) is 10.3 Å². The number of rotatable bonds is 1. The maximum Gasteiger partial charge on any atom is 0.174 e. The zero-order chi connectivity index (χ0) is 11.0. The summed E-state index contributed by atoms with van der Waals surface area (Å²) < 4.78 is 5.30. The molecule has 1 aromatic heterocycles. The predicted molar refractivity (Wildman–Crippen MR) is 61.1 cm³/mol. The van der Waals surface area contributed by atoms with Gasteiger partial charge in [-0.2, -0.15) is 0 Å². The summed E-state index contributed by atoms with van der Waals surface area (Å²) in [5.74, 6) is 0.907. The fourth-order valence-corrected chi connectivity index (χ4v) is 1.74. The van der Waals surface area contributed by atoms with Gasteiger partial charge in [0.25, 0.3) is 0 Å². The highest BCUT2D eigenvalue weighted by atomic mass is 16.5. The number of phenols is 1. The molecule has 0 saturated carbocycles. The molecule has 0 bridgehead atoms. The summed E-state index contributed by atoms with van der Waals surface area (Å²) in [5.41, 5.74) is 1.65. The fourth-order valence-electron chi connectivity index (χ4n) is 1.74. The molecule has 0 unspecified atom stereocenters. The van der Waals surface area contributed by atoms with Crippen molar-refractivity contribution < 1.29 is 9.63 Å². The lowest BCUT2D eigenvalue weighted by molar-refractivity contribution is 0.440. The third-order valence-electron chi connectivity index (χ3n) is 2.49. The highest BCUT2D eigenvalue weighted by molar-refractivity contribution is 5.91. The first-order valence-corrected chi connectivity index (χ1v) is 4.98. The maximum absolute atomic E-state index is 9.42. The molecule has 3 aromatic rings. The van der Waals surface area contributed by atoms with Crippen LogP contribution in [0.4, 0.5) is 0 Å². The van der Waals surface area contributed by atoms with Gasteiger partial charge in [-0.05, 0) is 24.3 Å². The highest BCUT2D eigenvalue weighted by Crippen LogP contribution is 2.29. The summed E-state index contributed by atoms with van der Waals surface area (Å²) >= 11 is 0. The van der Waals surface area contributed by atoms with Crippen molar-refractivity contribution in [2.24, 2.45) is 0 Å². The molecular formula is C13H9NO2. The largest absolute Gasteiger partial charge is 0.508 e. The zero-order valence-electron chi connectivity index (χ0n) is 8.42. The second-order valence-corrected chi connectivity index (χ2v) is 3.58. The first-order chi connectivity index (χ1) is 7.84. The fraction of sp³-hybridized carbons (Fsp3) is 0. The average Bonchev–Trinajstić information content (AvgIpc) is 2.72. The monoisotopic (exact) mass is 211 g/mol. The lowest BCUT2D eigenvalue weighted by Crippen LogP contribution is -1.74. The Hall–Kier alpha value is -2.29. The van der Waals surface area contributed by atoms with Gasteiger partial charge in [0.2, 0.25) is 0 Å². The molecule has 3 heteroatoms. The number of aromatic nitrogens is 1. The zero-order valence-corrected chi connectivity index (χ0v) is 8.42. The van der Waals surface area contributed by atoms with Gasteiger partial charge in [0, 0.05) is 10.9 Å². The summed E-state index contributed by atoms with van der Waals surface area (Å²) in [5, 5.41) is 14.3. The molecule has 0 amide bonds. The minimum atomic E-state index is 0.220. The van der Waals surface area contributed by atoms with E-state index >= 15 is 0 Å². The number of nitrogens with zero attached hydrogens (tertiary/aromatic N) is 1. The van der Waals surface area contributed by atoms with Gasteiger partial charge in [0.15, 0.2) is 5.76 Å². The minimum Gasteiger partial charge on any atom is -0.508 e. The van der Waals surface area contributed by atoms with E-state index in [1.54, 1.807) is 18.2 Å². The Morgan fingerprint density at radius 2 is 1.88 bits per heavy atom. The van der Waals surface area contributed by atoms with E-state index in [0.717, 1.165) is 16.5 Å². The van der Waals surface area contributed by atoms with Gasteiger partial charge in [0.05, 0.1) is 0 Å². The van der Waals surface area contributed by atoms with Crippen molar-refractivity contribution in [1.29, 1.82) is 0 Å². The van der Waals surface area contributed by atoms with Crippen LogP contribution in [0.2, 0.25) is 0 Å². The van der Waals surface area contributed by atoms with Crippen molar-refractivity contribution in [1.82, 2.24) is 5.16 Å². The van der Waals surface area contributed by atoms with E-state index in [-0.39, 0.29) is 5.75 Å². The molecule has 0 spiro atoms. The summed E-state index contributed by atoms with van der Waals surface area (Å²) in [7, 11) is 0. The lowest BCUT2D eigenvalue weighted by atomic mass is 10.1. The van der Waals surface area contributed by atoms with E-state index in [0.29, 0.717) is 5.76 Å². The van der Waals surface area contributed by atoms with Crippen LogP contribution in [0.15, 0.2) is 53.1 Å². The Morgan fingerprint density at radius 3 is 2.75 bits per heavy atom. The summed E-state index contributed by atoms with van der Waals surface area (Å²) in [6.45, 7) is 0. The first-order valence-electron chi connectivity index (χ1n) is 4.98. The number of fused-ring (bicyclic) bond motifs is 1. The standard InChI is InChI=1S/C13H9NO2/c15-10-5-3-4-9(8-10)13-11-6-1-2-7-12(11)14-16-13/h1-8,15H. The van der Waals surface area contributed by atoms with E-state index in [2.05, 4.69) is 5.16 Å². The van der Waals surface area contributed by atoms with Crippen LogP contribution < -0.4 is 0 Å². The SMILES string of the molecule is Oc1cccc(-c2onc3ccccc23)c1. The third kappa shape index (κ3) is 1.34. The molecule has 1 N–H and O–H groups in total. The van der Waals surface area contributed by atoms with Crippen LogP contribution in [0.1, 0.15) is 0 Å². The van der Waals surface area contributed by atoms with Gasteiger partial charge in [-0.1, -0.05) is 29.4 Å². The Morgan fingerprint density at radius 1 is 1.00 bits per heavy atom. The van der Waals surface area contributed by atoms with Gasteiger partial charge < -0.3 is 9.63 Å². The second-order valence-electron chi connectivity index (χ2n) is 3.58. The third-order valence-corrected chi connectivity index (χ3v) is 2.49. The molecule has 3 nitrogen and oxygen atoms in total. The Kier molecular flexibility index (Phi) is 1.90. The molecule has 0 radical (unpaired) electrons. The van der Waals surface area contributed by atoms with Crippen molar-refractivity contribution in [3.8, 4) is 17.1 Å². The molecular weight excluding hydrogens is 202 g/mol. The topological polar surface area (TPSA) is 46.3 Å². The van der Waals surface area contributed by atoms with E-state index in [9.17, 15) is 5.11 Å². The Labute approximate surface area is 91.9 Å². The van der Waals surface area contributed by atoms with Crippen LogP contribution in [0.3, 0.4) is 0 Å². The number of aromatic hydroxyl groups is 1. The van der Waals surface area contributed by atoms with E-state index in [1.165, 1.54) is 0 Å². The predicted octanol–water partition coefficient (Wildman–Crippen LogP) is 3.20. The lowest BCUT2D eigenvalue weighted by Gasteiger charge is -1.97. The first kappa shape index (κ1) is 8.97. The van der Waals surface area contributed by atoms with Gasteiger partial charge in [0.1, 0.15) is 11.3 Å². The molecule has 0 saturated heterocycles. The number of hydrogen-bond donors (Lipinski definition) is 1. The molecule has 16 heavy (non-hydrogen) atoms.